The van der Waals surface area contributed by atoms with Crippen molar-refractivity contribution in [2.45, 2.75) is 151 Å². The lowest BCUT2D eigenvalue weighted by atomic mass is 10.0. The predicted molar refractivity (Wildman–Crippen MR) is 373 cm³/mol. The lowest BCUT2D eigenvalue weighted by molar-refractivity contribution is -0.142. The first-order chi connectivity index (χ1) is 48.3. The summed E-state index contributed by atoms with van der Waals surface area (Å²) in [4.78, 5) is 182. The summed E-state index contributed by atoms with van der Waals surface area (Å²) in [6.07, 6.45) is 0.402. The van der Waals surface area contributed by atoms with Gasteiger partial charge in [-0.2, -0.15) is 0 Å². The number of rotatable bonds is 37. The van der Waals surface area contributed by atoms with E-state index < -0.39 is 151 Å². The fourth-order valence-electron chi connectivity index (χ4n) is 10.9. The van der Waals surface area contributed by atoms with Crippen LogP contribution in [-0.2, 0) is 76.9 Å². The van der Waals surface area contributed by atoms with Gasteiger partial charge in [0.15, 0.2) is 17.9 Å². The van der Waals surface area contributed by atoms with E-state index in [0.717, 1.165) is 5.56 Å². The number of nitrogens with two attached hydrogens (primary N) is 8. The maximum absolute atomic E-state index is 14.8. The number of primary amides is 1. The molecule has 9 atom stereocenters. The number of hydrogen-bond donors (Lipinski definition) is 20. The topological polar surface area (TPSA) is 606 Å². The van der Waals surface area contributed by atoms with Gasteiger partial charge in [-0.15, -0.1) is 0 Å². The van der Waals surface area contributed by atoms with E-state index in [1.54, 1.807) is 42.5 Å². The molecule has 0 bridgehead atoms. The molecule has 101 heavy (non-hydrogen) atoms. The van der Waals surface area contributed by atoms with Crippen LogP contribution in [0.5, 0.6) is 5.75 Å². The van der Waals surface area contributed by atoms with E-state index in [4.69, 9.17) is 45.9 Å². The van der Waals surface area contributed by atoms with Gasteiger partial charge < -0.3 is 114 Å². The number of aliphatic imine (C=N–C) groups is 3. The van der Waals surface area contributed by atoms with Crippen molar-refractivity contribution < 1.29 is 62.6 Å². The lowest BCUT2D eigenvalue weighted by Gasteiger charge is -2.31. The van der Waals surface area contributed by atoms with Crippen molar-refractivity contribution in [2.75, 3.05) is 52.4 Å². The molecule has 2 heterocycles. The SMILES string of the molecule is NCCCC[C@H](NC(=O)[C@@H]1CCCN1C(=O)[C@H](CCCN=C(N)N)NC(=O)[C@@H]1CNC(=O)C[C@@H](NC(=O)[C@H](Cc2ccccc2)NC(=O)CNC(=O)CNC(=O)[C@H](Cc2ccc(O)cc2)NCc2ccccc2)C(=O)N[C@@H](CCCN=C(N)N)C(=O)N[C@@H](CCCN=C(N)N)C(=O)N1)C(N)=O. The van der Waals surface area contributed by atoms with E-state index in [-0.39, 0.29) is 114 Å². The average Bonchev–Trinajstić information content (AvgIpc) is 1.78. The molecular formula is C65H97N23O13. The molecule has 3 aromatic rings. The Morgan fingerprint density at radius 3 is 1.71 bits per heavy atom. The number of phenolic OH excluding ortho intramolecular Hbond substituents is 1. The molecule has 2 aliphatic heterocycles. The molecule has 28 N–H and O–H groups in total. The lowest BCUT2D eigenvalue weighted by Crippen LogP contribution is -2.63. The summed E-state index contributed by atoms with van der Waals surface area (Å²) >= 11 is 0. The molecule has 12 amide bonds. The van der Waals surface area contributed by atoms with Crippen LogP contribution in [0.25, 0.3) is 0 Å². The van der Waals surface area contributed by atoms with E-state index in [1.807, 2.05) is 30.3 Å². The molecule has 36 nitrogen and oxygen atoms in total. The zero-order chi connectivity index (χ0) is 73.8. The van der Waals surface area contributed by atoms with E-state index in [0.29, 0.717) is 43.5 Å². The third-order valence-electron chi connectivity index (χ3n) is 16.2. The number of amides is 12. The van der Waals surface area contributed by atoms with Crippen LogP contribution in [-0.4, -0.2) is 206 Å². The Bertz CT molecular complexity index is 3370. The van der Waals surface area contributed by atoms with Crippen LogP contribution in [0.15, 0.2) is 99.9 Å². The van der Waals surface area contributed by atoms with E-state index >= 15 is 0 Å². The highest BCUT2D eigenvalue weighted by molar-refractivity contribution is 6.00. The first kappa shape index (κ1) is 80.5. The molecular weight excluding hydrogens is 1310 g/mol. The van der Waals surface area contributed by atoms with Crippen LogP contribution in [0, 0.1) is 0 Å². The summed E-state index contributed by atoms with van der Waals surface area (Å²) in [6, 6.07) is 11.2. The summed E-state index contributed by atoms with van der Waals surface area (Å²) in [5, 5.41) is 38.7. The maximum Gasteiger partial charge on any atom is 0.245 e. The van der Waals surface area contributed by atoms with Crippen molar-refractivity contribution >= 4 is 88.8 Å². The minimum atomic E-state index is -1.86. The van der Waals surface area contributed by atoms with Gasteiger partial charge in [-0.3, -0.25) is 72.5 Å². The number of nitrogens with one attached hydrogen (secondary N) is 11. The van der Waals surface area contributed by atoms with Gasteiger partial charge in [-0.1, -0.05) is 72.8 Å². The van der Waals surface area contributed by atoms with Gasteiger partial charge in [0.1, 0.15) is 54.1 Å². The van der Waals surface area contributed by atoms with Crippen LogP contribution in [0.3, 0.4) is 0 Å². The Kier molecular flexibility index (Phi) is 34.0. The highest BCUT2D eigenvalue weighted by Gasteiger charge is 2.41. The smallest absolute Gasteiger partial charge is 0.245 e. The fourth-order valence-corrected chi connectivity index (χ4v) is 10.9. The first-order valence-electron chi connectivity index (χ1n) is 33.3. The van der Waals surface area contributed by atoms with Crippen LogP contribution in [0.4, 0.5) is 0 Å². The van der Waals surface area contributed by atoms with Crippen molar-refractivity contribution in [3.63, 3.8) is 0 Å². The minimum absolute atomic E-state index is 0.0200. The Morgan fingerprint density at radius 1 is 0.564 bits per heavy atom. The molecule has 36 heteroatoms. The zero-order valence-electron chi connectivity index (χ0n) is 56.3. The highest BCUT2D eigenvalue weighted by Crippen LogP contribution is 2.21. The number of aromatic hydroxyl groups is 1. The van der Waals surface area contributed by atoms with Crippen LogP contribution in [0.2, 0.25) is 0 Å². The van der Waals surface area contributed by atoms with Crippen molar-refractivity contribution in [2.24, 2.45) is 60.8 Å². The van der Waals surface area contributed by atoms with Gasteiger partial charge in [0.25, 0.3) is 0 Å². The number of guanidine groups is 3. The third kappa shape index (κ3) is 29.4. The molecule has 0 radical (unpaired) electrons. The monoisotopic (exact) mass is 1410 g/mol. The van der Waals surface area contributed by atoms with E-state index in [9.17, 15) is 62.6 Å². The number of likely N-dealkylation sites (tertiary alicyclic amines) is 1. The van der Waals surface area contributed by atoms with Gasteiger partial charge >= 0.3 is 0 Å². The van der Waals surface area contributed by atoms with Crippen LogP contribution in [0.1, 0.15) is 93.7 Å². The minimum Gasteiger partial charge on any atom is -0.508 e. The number of carbonyl (C=O) groups excluding carboxylic acids is 12. The Balaban J connectivity index is 1.42. The second-order valence-corrected chi connectivity index (χ2v) is 24.2. The van der Waals surface area contributed by atoms with E-state index in [2.05, 4.69) is 73.5 Å². The molecule has 2 saturated heterocycles. The number of carbonyl (C=O) groups is 12. The summed E-state index contributed by atoms with van der Waals surface area (Å²) < 4.78 is 0. The summed E-state index contributed by atoms with van der Waals surface area (Å²) in [6.45, 7) is -1.46. The maximum atomic E-state index is 14.8. The normalized spacial score (nSPS) is 18.3. The molecule has 2 fully saturated rings. The molecule has 0 saturated carbocycles. The molecule has 0 aliphatic carbocycles. The summed E-state index contributed by atoms with van der Waals surface area (Å²) in [5.41, 5.74) is 46.8. The zero-order valence-corrected chi connectivity index (χ0v) is 56.3. The fraction of sp³-hybridized carbons (Fsp3) is 0.492. The Hall–Kier alpha value is -11.2. The molecule has 0 spiro atoms. The van der Waals surface area contributed by atoms with Crippen LogP contribution >= 0.6 is 0 Å². The van der Waals surface area contributed by atoms with Gasteiger partial charge in [0.2, 0.25) is 70.9 Å². The van der Waals surface area contributed by atoms with Gasteiger partial charge in [-0.25, -0.2) is 0 Å². The van der Waals surface area contributed by atoms with Crippen LogP contribution < -0.4 is 104 Å². The number of hydrogen-bond acceptors (Lipinski definition) is 18. The summed E-state index contributed by atoms with van der Waals surface area (Å²) in [7, 11) is 0. The second kappa shape index (κ2) is 42.6. The van der Waals surface area contributed by atoms with Crippen molar-refractivity contribution in [1.29, 1.82) is 0 Å². The predicted octanol–water partition coefficient (Wildman–Crippen LogP) is -6.75. The summed E-state index contributed by atoms with van der Waals surface area (Å²) in [5.74, 6) is -11.4. The van der Waals surface area contributed by atoms with Crippen molar-refractivity contribution in [1.82, 2.24) is 63.4 Å². The van der Waals surface area contributed by atoms with Gasteiger partial charge in [-0.05, 0) is 112 Å². The number of unbranched alkanes of at least 4 members (excludes halogenated alkanes) is 1. The molecule has 3 aromatic carbocycles. The number of benzene rings is 3. The quantitative estimate of drug-likeness (QED) is 0.0145. The third-order valence-corrected chi connectivity index (χ3v) is 16.2. The number of phenols is 1. The molecule has 2 aliphatic rings. The Labute approximate surface area is 584 Å². The van der Waals surface area contributed by atoms with Gasteiger partial charge in [0.05, 0.1) is 25.6 Å². The molecule has 0 unspecified atom stereocenters. The first-order valence-corrected chi connectivity index (χ1v) is 33.3. The highest BCUT2D eigenvalue weighted by atomic mass is 16.3. The number of nitrogens with zero attached hydrogens (tertiary/aromatic N) is 4. The molecule has 5 rings (SSSR count). The molecule has 550 valence electrons. The van der Waals surface area contributed by atoms with Gasteiger partial charge in [0, 0.05) is 45.7 Å². The average molecular weight is 1410 g/mol. The van der Waals surface area contributed by atoms with E-state index in [1.165, 1.54) is 17.0 Å². The Morgan fingerprint density at radius 2 is 1.11 bits per heavy atom. The van der Waals surface area contributed by atoms with Crippen molar-refractivity contribution in [3.05, 3.63) is 102 Å². The molecule has 0 aromatic heterocycles. The van der Waals surface area contributed by atoms with Crippen molar-refractivity contribution in [3.8, 4) is 5.75 Å². The standard InChI is InChI=1S/C65H97N23O13/c66-26-8-7-17-42(54(67)93)82-61(100)50-21-12-30-88(50)62(101)45(20-11-29-76-65(72)73)85-60(99)49-35-78-51(90)33-48(59(98)84-43(18-9-27-74-63(68)69)56(95)83-44(57(96)87-49)19-10-28-75-64(70)71)86-58(97)47(32-38-13-3-1-4-14-38)81-53(92)37-79-52(91)36-80-55(94)46(31-39-22-24-41(89)25-23-39)77-34-40-15-5-2-6-16-40/h1-6,13-16,22-25,42-50,77,89H,7-12,17-21,26-37,66H2,(H2,67,93)(H,78,90)(H,79,91)(H,80,94)(H,81,92)(H,82,100)(H,83,95)(H,84,98)(H,85,99)(H,86,97)(H,87,96)(H4,68,69,74)(H4,70,71,75)(H4,72,73,76)/t42-,43-,44-,45-,46-,47-,48+,49-,50-/m0/s1. The largest absolute Gasteiger partial charge is 0.508 e. The second-order valence-electron chi connectivity index (χ2n) is 24.2.